The van der Waals surface area contributed by atoms with Gasteiger partial charge in [-0.05, 0) is 36.9 Å². The summed E-state index contributed by atoms with van der Waals surface area (Å²) in [6, 6.07) is 7.50. The number of anilines is 1. The maximum Gasteiger partial charge on any atom is 0.255 e. The number of nitrogens with zero attached hydrogens (tertiary/aromatic N) is 5. The Bertz CT molecular complexity index is 964. The minimum atomic E-state index is -0.198. The van der Waals surface area contributed by atoms with Crippen LogP contribution in [0.2, 0.25) is 5.02 Å². The lowest BCUT2D eigenvalue weighted by molar-refractivity contribution is 0.0952. The van der Waals surface area contributed by atoms with Crippen LogP contribution in [0.15, 0.2) is 42.9 Å². The molecular weight excluding hydrogens is 364 g/mol. The maximum atomic E-state index is 12.6. The molecule has 3 aromatic rings. The van der Waals surface area contributed by atoms with Gasteiger partial charge in [0.2, 0.25) is 0 Å². The van der Waals surface area contributed by atoms with Gasteiger partial charge in [-0.2, -0.15) is 5.10 Å². The van der Waals surface area contributed by atoms with E-state index in [2.05, 4.69) is 32.2 Å². The molecule has 1 amide bonds. The molecule has 27 heavy (non-hydrogen) atoms. The molecule has 140 valence electrons. The van der Waals surface area contributed by atoms with Crippen molar-refractivity contribution in [3.8, 4) is 0 Å². The minimum Gasteiger partial charge on any atom is -0.354 e. The third-order valence-electron chi connectivity index (χ3n) is 4.83. The van der Waals surface area contributed by atoms with Crippen molar-refractivity contribution >= 4 is 28.8 Å². The second-order valence-electron chi connectivity index (χ2n) is 6.70. The van der Waals surface area contributed by atoms with E-state index in [1.807, 2.05) is 12.1 Å². The van der Waals surface area contributed by atoms with E-state index in [-0.39, 0.29) is 5.91 Å². The topological polar surface area (TPSA) is 65.8 Å². The number of carbonyl (C=O) groups excluding carboxylic acids is 1. The molecule has 4 heterocycles. The number of piperazine rings is 1. The molecule has 8 heteroatoms. The lowest BCUT2D eigenvalue weighted by Crippen LogP contribution is -2.44. The van der Waals surface area contributed by atoms with Crippen LogP contribution in [0.4, 0.5) is 5.82 Å². The Morgan fingerprint density at radius 2 is 2.07 bits per heavy atom. The number of hydrogen-bond donors (Lipinski definition) is 1. The Balaban J connectivity index is 1.45. The molecule has 7 nitrogen and oxygen atoms in total. The largest absolute Gasteiger partial charge is 0.354 e. The third kappa shape index (κ3) is 3.74. The molecule has 3 aromatic heterocycles. The quantitative estimate of drug-likeness (QED) is 0.746. The molecule has 0 unspecified atom stereocenters. The van der Waals surface area contributed by atoms with E-state index in [0.717, 1.165) is 37.6 Å². The van der Waals surface area contributed by atoms with E-state index in [0.29, 0.717) is 22.6 Å². The summed E-state index contributed by atoms with van der Waals surface area (Å²) < 4.78 is 1.61. The van der Waals surface area contributed by atoms with Gasteiger partial charge in [0.05, 0.1) is 22.3 Å². The summed E-state index contributed by atoms with van der Waals surface area (Å²) in [5.41, 5.74) is 2.09. The molecule has 1 saturated heterocycles. The SMILES string of the molecule is CN1CCN(c2cc(CNC(=O)c3cnn4cccc(Cl)c34)ccn2)CC1. The highest BCUT2D eigenvalue weighted by atomic mass is 35.5. The number of fused-ring (bicyclic) bond motifs is 1. The molecule has 0 spiro atoms. The molecule has 4 rings (SSSR count). The Morgan fingerprint density at radius 1 is 1.26 bits per heavy atom. The first-order chi connectivity index (χ1) is 13.1. The van der Waals surface area contributed by atoms with Gasteiger partial charge in [-0.15, -0.1) is 0 Å². The average Bonchev–Trinajstić information content (AvgIpc) is 3.13. The van der Waals surface area contributed by atoms with E-state index >= 15 is 0 Å². The number of halogens is 1. The Labute approximate surface area is 162 Å². The molecule has 1 N–H and O–H groups in total. The molecule has 0 aromatic carbocycles. The molecule has 0 saturated carbocycles. The van der Waals surface area contributed by atoms with Gasteiger partial charge in [0.25, 0.3) is 5.91 Å². The van der Waals surface area contributed by atoms with Crippen molar-refractivity contribution in [3.63, 3.8) is 0 Å². The van der Waals surface area contributed by atoms with Crippen LogP contribution in [0.3, 0.4) is 0 Å². The summed E-state index contributed by atoms with van der Waals surface area (Å²) in [5.74, 6) is 0.755. The maximum absolute atomic E-state index is 12.6. The van der Waals surface area contributed by atoms with Crippen LogP contribution < -0.4 is 10.2 Å². The fourth-order valence-electron chi connectivity index (χ4n) is 3.22. The number of pyridine rings is 2. The van der Waals surface area contributed by atoms with E-state index in [1.165, 1.54) is 0 Å². The zero-order chi connectivity index (χ0) is 18.8. The molecule has 1 fully saturated rings. The van der Waals surface area contributed by atoms with Crippen LogP contribution in [0.1, 0.15) is 15.9 Å². The van der Waals surface area contributed by atoms with Gasteiger partial charge in [0.15, 0.2) is 0 Å². The molecule has 1 aliphatic heterocycles. The number of nitrogens with one attached hydrogen (secondary N) is 1. The van der Waals surface area contributed by atoms with Crippen LogP contribution in [-0.4, -0.2) is 58.6 Å². The number of hydrogen-bond acceptors (Lipinski definition) is 5. The highest BCUT2D eigenvalue weighted by Gasteiger charge is 2.17. The molecule has 0 aliphatic carbocycles. The molecule has 1 aliphatic rings. The van der Waals surface area contributed by atoms with Crippen molar-refractivity contribution < 1.29 is 4.79 Å². The van der Waals surface area contributed by atoms with E-state index in [9.17, 15) is 4.79 Å². The van der Waals surface area contributed by atoms with Crippen molar-refractivity contribution in [2.75, 3.05) is 38.1 Å². The lowest BCUT2D eigenvalue weighted by Gasteiger charge is -2.33. The summed E-state index contributed by atoms with van der Waals surface area (Å²) in [4.78, 5) is 21.7. The third-order valence-corrected chi connectivity index (χ3v) is 5.13. The molecular formula is C19H21ClN6O. The fraction of sp³-hybridized carbons (Fsp3) is 0.316. The standard InChI is InChI=1S/C19H21ClN6O/c1-24-7-9-25(10-8-24)17-11-14(4-5-21-17)12-22-19(27)15-13-23-26-6-2-3-16(20)18(15)26/h2-6,11,13H,7-10,12H2,1H3,(H,22,27). The van der Waals surface area contributed by atoms with E-state index in [4.69, 9.17) is 11.6 Å². The first-order valence-electron chi connectivity index (χ1n) is 8.90. The predicted octanol–water partition coefficient (Wildman–Crippen LogP) is 2.06. The molecule has 0 bridgehead atoms. The van der Waals surface area contributed by atoms with E-state index in [1.54, 1.807) is 35.2 Å². The zero-order valence-electron chi connectivity index (χ0n) is 15.1. The van der Waals surface area contributed by atoms with Gasteiger partial charge in [-0.1, -0.05) is 11.6 Å². The van der Waals surface area contributed by atoms with Gasteiger partial charge in [-0.25, -0.2) is 9.50 Å². The van der Waals surface area contributed by atoms with Gasteiger partial charge in [0.1, 0.15) is 5.82 Å². The second-order valence-corrected chi connectivity index (χ2v) is 7.11. The number of likely N-dealkylation sites (N-methyl/N-ethyl adjacent to an activating group) is 1. The number of amides is 1. The zero-order valence-corrected chi connectivity index (χ0v) is 15.9. The van der Waals surface area contributed by atoms with Gasteiger partial charge < -0.3 is 15.1 Å². The summed E-state index contributed by atoms with van der Waals surface area (Å²) in [7, 11) is 2.13. The van der Waals surface area contributed by atoms with Crippen LogP contribution >= 0.6 is 11.6 Å². The Morgan fingerprint density at radius 3 is 2.89 bits per heavy atom. The number of carbonyl (C=O) groups is 1. The summed E-state index contributed by atoms with van der Waals surface area (Å²) in [6.07, 6.45) is 5.10. The summed E-state index contributed by atoms with van der Waals surface area (Å²) in [5, 5.41) is 7.64. The van der Waals surface area contributed by atoms with Crippen LogP contribution in [-0.2, 0) is 6.54 Å². The molecule has 0 atom stereocenters. The fourth-order valence-corrected chi connectivity index (χ4v) is 3.49. The second kappa shape index (κ2) is 7.54. The average molecular weight is 385 g/mol. The first-order valence-corrected chi connectivity index (χ1v) is 9.28. The van der Waals surface area contributed by atoms with E-state index < -0.39 is 0 Å². The van der Waals surface area contributed by atoms with Crippen molar-refractivity contribution in [3.05, 3.63) is 59.0 Å². The van der Waals surface area contributed by atoms with Gasteiger partial charge in [-0.3, -0.25) is 4.79 Å². The first kappa shape index (κ1) is 17.8. The van der Waals surface area contributed by atoms with Crippen molar-refractivity contribution in [2.45, 2.75) is 6.54 Å². The normalized spacial score (nSPS) is 15.3. The van der Waals surface area contributed by atoms with Crippen LogP contribution in [0.5, 0.6) is 0 Å². The monoisotopic (exact) mass is 384 g/mol. The van der Waals surface area contributed by atoms with Crippen molar-refractivity contribution in [2.24, 2.45) is 0 Å². The highest BCUT2D eigenvalue weighted by molar-refractivity contribution is 6.34. The summed E-state index contributed by atoms with van der Waals surface area (Å²) in [6.45, 7) is 4.39. The Kier molecular flexibility index (Phi) is 4.96. The van der Waals surface area contributed by atoms with Crippen LogP contribution in [0.25, 0.3) is 5.52 Å². The summed E-state index contributed by atoms with van der Waals surface area (Å²) >= 11 is 6.22. The van der Waals surface area contributed by atoms with Gasteiger partial charge >= 0.3 is 0 Å². The smallest absolute Gasteiger partial charge is 0.255 e. The predicted molar refractivity (Wildman–Crippen MR) is 105 cm³/mol. The molecule has 0 radical (unpaired) electrons. The highest BCUT2D eigenvalue weighted by Crippen LogP contribution is 2.21. The lowest BCUT2D eigenvalue weighted by atomic mass is 10.2. The van der Waals surface area contributed by atoms with Crippen LogP contribution in [0, 0.1) is 0 Å². The number of aromatic nitrogens is 3. The van der Waals surface area contributed by atoms with Crippen molar-refractivity contribution in [1.29, 1.82) is 0 Å². The van der Waals surface area contributed by atoms with Gasteiger partial charge in [0, 0.05) is 45.1 Å². The number of rotatable bonds is 4. The van der Waals surface area contributed by atoms with Crippen molar-refractivity contribution in [1.82, 2.24) is 24.8 Å². The Hall–Kier alpha value is -2.64. The minimum absolute atomic E-state index is 0.198.